The Labute approximate surface area is 88.5 Å². The Kier molecular flexibility index (Phi) is 2.75. The fourth-order valence-corrected chi connectivity index (χ4v) is 1.64. The number of hydrogen-bond donors (Lipinski definition) is 1. The quantitative estimate of drug-likeness (QED) is 0.826. The minimum Gasteiger partial charge on any atom is -0.491 e. The summed E-state index contributed by atoms with van der Waals surface area (Å²) in [5.74, 6) is 0.963. The molecule has 3 heteroatoms. The van der Waals surface area contributed by atoms with Gasteiger partial charge in [-0.1, -0.05) is 36.4 Å². The van der Waals surface area contributed by atoms with Crippen LogP contribution < -0.4 is 10.1 Å². The van der Waals surface area contributed by atoms with Gasteiger partial charge < -0.3 is 10.1 Å². The van der Waals surface area contributed by atoms with Crippen molar-refractivity contribution >= 4 is 11.6 Å². The maximum Gasteiger partial charge on any atom is 0.124 e. The van der Waals surface area contributed by atoms with Crippen molar-refractivity contribution in [2.45, 2.75) is 6.04 Å². The van der Waals surface area contributed by atoms with Crippen molar-refractivity contribution in [3.05, 3.63) is 41.4 Å². The Balaban J connectivity index is 2.07. The number of para-hydroxylation sites is 1. The van der Waals surface area contributed by atoms with Gasteiger partial charge in [-0.25, -0.2) is 0 Å². The smallest absolute Gasteiger partial charge is 0.124 e. The molecule has 0 saturated heterocycles. The number of hydrogen-bond acceptors (Lipinski definition) is 2. The van der Waals surface area contributed by atoms with Gasteiger partial charge >= 0.3 is 0 Å². The van der Waals surface area contributed by atoms with Crippen molar-refractivity contribution < 1.29 is 4.74 Å². The SMILES string of the molecule is C=C(Cl)CNC1COc2ccccc21. The van der Waals surface area contributed by atoms with Crippen LogP contribution in [0.15, 0.2) is 35.9 Å². The second-order valence-electron chi connectivity index (χ2n) is 3.30. The highest BCUT2D eigenvalue weighted by Gasteiger charge is 2.22. The second kappa shape index (κ2) is 4.03. The predicted octanol–water partition coefficient (Wildman–Crippen LogP) is 2.46. The predicted molar refractivity (Wildman–Crippen MR) is 57.7 cm³/mol. The second-order valence-corrected chi connectivity index (χ2v) is 3.83. The molecule has 1 aromatic rings. The zero-order valence-electron chi connectivity index (χ0n) is 7.79. The van der Waals surface area contributed by atoms with Gasteiger partial charge in [-0.2, -0.15) is 0 Å². The lowest BCUT2D eigenvalue weighted by molar-refractivity contribution is 0.315. The molecule has 1 aliphatic rings. The largest absolute Gasteiger partial charge is 0.491 e. The first kappa shape index (κ1) is 9.56. The van der Waals surface area contributed by atoms with Crippen molar-refractivity contribution in [1.29, 1.82) is 0 Å². The Morgan fingerprint density at radius 1 is 1.57 bits per heavy atom. The van der Waals surface area contributed by atoms with Gasteiger partial charge in [0.1, 0.15) is 12.4 Å². The molecule has 0 spiro atoms. The number of benzene rings is 1. The van der Waals surface area contributed by atoms with Crippen LogP contribution in [-0.2, 0) is 0 Å². The first-order chi connectivity index (χ1) is 6.77. The van der Waals surface area contributed by atoms with Crippen molar-refractivity contribution in [2.75, 3.05) is 13.2 Å². The average molecular weight is 210 g/mol. The third kappa shape index (κ3) is 1.91. The highest BCUT2D eigenvalue weighted by Crippen LogP contribution is 2.31. The summed E-state index contributed by atoms with van der Waals surface area (Å²) in [5.41, 5.74) is 1.20. The van der Waals surface area contributed by atoms with Crippen LogP contribution in [0.3, 0.4) is 0 Å². The van der Waals surface area contributed by atoms with Gasteiger partial charge in [0.25, 0.3) is 0 Å². The highest BCUT2D eigenvalue weighted by molar-refractivity contribution is 6.29. The lowest BCUT2D eigenvalue weighted by Crippen LogP contribution is -2.23. The van der Waals surface area contributed by atoms with E-state index in [0.29, 0.717) is 18.2 Å². The zero-order chi connectivity index (χ0) is 9.97. The summed E-state index contributed by atoms with van der Waals surface area (Å²) in [6, 6.07) is 8.27. The Morgan fingerprint density at radius 2 is 2.36 bits per heavy atom. The minimum atomic E-state index is 0.238. The van der Waals surface area contributed by atoms with Crippen LogP contribution in [0.4, 0.5) is 0 Å². The fourth-order valence-electron chi connectivity index (χ4n) is 1.57. The zero-order valence-corrected chi connectivity index (χ0v) is 8.55. The molecule has 0 aliphatic carbocycles. The van der Waals surface area contributed by atoms with E-state index in [4.69, 9.17) is 16.3 Å². The molecule has 0 amide bonds. The molecule has 14 heavy (non-hydrogen) atoms. The van der Waals surface area contributed by atoms with E-state index in [0.717, 1.165) is 5.75 Å². The Hall–Kier alpha value is -0.990. The summed E-state index contributed by atoms with van der Waals surface area (Å²) in [4.78, 5) is 0. The van der Waals surface area contributed by atoms with Crippen LogP contribution in [0.5, 0.6) is 5.75 Å². The van der Waals surface area contributed by atoms with E-state index >= 15 is 0 Å². The van der Waals surface area contributed by atoms with Crippen molar-refractivity contribution in [3.8, 4) is 5.75 Å². The van der Waals surface area contributed by atoms with Crippen molar-refractivity contribution in [1.82, 2.24) is 5.32 Å². The molecule has 74 valence electrons. The van der Waals surface area contributed by atoms with E-state index in [-0.39, 0.29) is 6.04 Å². The minimum absolute atomic E-state index is 0.238. The summed E-state index contributed by atoms with van der Waals surface area (Å²) >= 11 is 5.69. The Bertz CT molecular complexity index is 351. The maximum absolute atomic E-state index is 5.69. The van der Waals surface area contributed by atoms with E-state index in [9.17, 15) is 0 Å². The van der Waals surface area contributed by atoms with E-state index in [2.05, 4.69) is 18.0 Å². The summed E-state index contributed by atoms with van der Waals surface area (Å²) in [5, 5.41) is 3.90. The molecule has 1 atom stereocenters. The Morgan fingerprint density at radius 3 is 3.14 bits per heavy atom. The highest BCUT2D eigenvalue weighted by atomic mass is 35.5. The van der Waals surface area contributed by atoms with Gasteiger partial charge in [0.05, 0.1) is 6.04 Å². The third-order valence-electron chi connectivity index (χ3n) is 2.24. The first-order valence-electron chi connectivity index (χ1n) is 4.56. The molecule has 0 fully saturated rings. The molecule has 1 N–H and O–H groups in total. The molecule has 1 heterocycles. The monoisotopic (exact) mass is 209 g/mol. The molecule has 2 rings (SSSR count). The lowest BCUT2D eigenvalue weighted by Gasteiger charge is -2.10. The standard InChI is InChI=1S/C11H12ClNO/c1-8(12)6-13-10-7-14-11-5-3-2-4-9(10)11/h2-5,10,13H,1,6-7H2. The summed E-state index contributed by atoms with van der Waals surface area (Å²) in [6.45, 7) is 4.92. The topological polar surface area (TPSA) is 21.3 Å². The van der Waals surface area contributed by atoms with Crippen LogP contribution in [-0.4, -0.2) is 13.2 Å². The van der Waals surface area contributed by atoms with Crippen LogP contribution in [0.2, 0.25) is 0 Å². The molecule has 1 unspecified atom stereocenters. The number of nitrogens with one attached hydrogen (secondary N) is 1. The fraction of sp³-hybridized carbons (Fsp3) is 0.273. The molecule has 0 saturated carbocycles. The van der Waals surface area contributed by atoms with Crippen molar-refractivity contribution in [3.63, 3.8) is 0 Å². The summed E-state index contributed by atoms with van der Waals surface area (Å²) in [6.07, 6.45) is 0. The van der Waals surface area contributed by atoms with Gasteiger partial charge in [0, 0.05) is 17.1 Å². The molecule has 1 aliphatic heterocycles. The van der Waals surface area contributed by atoms with Gasteiger partial charge in [-0.15, -0.1) is 0 Å². The van der Waals surface area contributed by atoms with Gasteiger partial charge in [0.15, 0.2) is 0 Å². The van der Waals surface area contributed by atoms with E-state index in [1.54, 1.807) is 0 Å². The van der Waals surface area contributed by atoms with Crippen LogP contribution >= 0.6 is 11.6 Å². The number of rotatable bonds is 3. The molecule has 1 aromatic carbocycles. The third-order valence-corrected chi connectivity index (χ3v) is 2.37. The molecule has 2 nitrogen and oxygen atoms in total. The summed E-state index contributed by atoms with van der Waals surface area (Å²) in [7, 11) is 0. The molecular formula is C11H12ClNO. The molecular weight excluding hydrogens is 198 g/mol. The van der Waals surface area contributed by atoms with Crippen LogP contribution in [0.25, 0.3) is 0 Å². The average Bonchev–Trinajstić information content (AvgIpc) is 2.58. The van der Waals surface area contributed by atoms with Gasteiger partial charge in [-0.05, 0) is 6.07 Å². The molecule has 0 bridgehead atoms. The summed E-state index contributed by atoms with van der Waals surface area (Å²) < 4.78 is 5.51. The lowest BCUT2D eigenvalue weighted by atomic mass is 10.1. The van der Waals surface area contributed by atoms with Crippen molar-refractivity contribution in [2.24, 2.45) is 0 Å². The van der Waals surface area contributed by atoms with Gasteiger partial charge in [-0.3, -0.25) is 0 Å². The van der Waals surface area contributed by atoms with Gasteiger partial charge in [0.2, 0.25) is 0 Å². The normalized spacial score (nSPS) is 18.8. The van der Waals surface area contributed by atoms with Crippen LogP contribution in [0, 0.1) is 0 Å². The van der Waals surface area contributed by atoms with E-state index < -0.39 is 0 Å². The van der Waals surface area contributed by atoms with Crippen LogP contribution in [0.1, 0.15) is 11.6 Å². The number of fused-ring (bicyclic) bond motifs is 1. The van der Waals surface area contributed by atoms with E-state index in [1.165, 1.54) is 5.56 Å². The maximum atomic E-state index is 5.69. The van der Waals surface area contributed by atoms with E-state index in [1.807, 2.05) is 18.2 Å². The number of halogens is 1. The molecule has 0 aromatic heterocycles. The molecule has 0 radical (unpaired) electrons. The number of ether oxygens (including phenoxy) is 1. The first-order valence-corrected chi connectivity index (χ1v) is 4.93.